The van der Waals surface area contributed by atoms with E-state index in [1.807, 2.05) is 0 Å². The maximum absolute atomic E-state index is 6.13. The van der Waals surface area contributed by atoms with Gasteiger partial charge >= 0.3 is 0 Å². The Hall–Kier alpha value is -0.569. The maximum Gasteiger partial charge on any atom is 0.242 e. The molecule has 24 heavy (non-hydrogen) atoms. The van der Waals surface area contributed by atoms with Crippen molar-refractivity contribution in [2.45, 2.75) is 65.3 Å². The average molecular weight is 384 g/mol. The molecule has 1 rings (SSSR count). The van der Waals surface area contributed by atoms with Crippen molar-refractivity contribution in [2.75, 3.05) is 13.7 Å². The molecule has 0 fully saturated rings. The van der Waals surface area contributed by atoms with Crippen molar-refractivity contribution in [3.63, 3.8) is 0 Å². The van der Waals surface area contributed by atoms with Gasteiger partial charge in [-0.2, -0.15) is 0 Å². The zero-order chi connectivity index (χ0) is 18.8. The molecule has 0 aliphatic carbocycles. The van der Waals surface area contributed by atoms with Crippen LogP contribution in [-0.2, 0) is 6.42 Å². The van der Waals surface area contributed by atoms with E-state index in [0.717, 1.165) is 24.5 Å². The van der Waals surface area contributed by atoms with Gasteiger partial charge in [0.25, 0.3) is 0 Å². The van der Waals surface area contributed by atoms with E-state index in [9.17, 15) is 0 Å². The van der Waals surface area contributed by atoms with Crippen LogP contribution in [0.5, 0.6) is 11.5 Å². The van der Waals surface area contributed by atoms with Gasteiger partial charge in [-0.1, -0.05) is 45.3 Å². The summed E-state index contributed by atoms with van der Waals surface area (Å²) in [6.07, 6.45) is 1.07. The minimum absolute atomic E-state index is 0.863. The predicted octanol–water partition coefficient (Wildman–Crippen LogP) is 5.42. The van der Waals surface area contributed by atoms with Gasteiger partial charge in [0.2, 0.25) is 8.32 Å². The third-order valence-corrected chi connectivity index (χ3v) is 12.4. The zero-order valence-corrected chi connectivity index (χ0v) is 20.4. The molecule has 0 aromatic heterocycles. The summed E-state index contributed by atoms with van der Waals surface area (Å²) in [7, 11) is -2.49. The molecule has 1 aromatic carbocycles. The molecule has 0 spiro atoms. The lowest BCUT2D eigenvalue weighted by molar-refractivity contribution is 0.391. The van der Waals surface area contributed by atoms with Crippen LogP contribution in [0.2, 0.25) is 58.9 Å². The largest absolute Gasteiger partial charge is 0.542 e. The van der Waals surface area contributed by atoms with Crippen LogP contribution in [0.4, 0.5) is 0 Å². The van der Waals surface area contributed by atoms with E-state index in [1.54, 1.807) is 7.11 Å². The summed E-state index contributed by atoms with van der Waals surface area (Å²) in [6, 6.07) is 6.44. The second kappa shape index (κ2) is 7.76. The molecule has 0 saturated carbocycles. The van der Waals surface area contributed by atoms with Crippen molar-refractivity contribution in [2.24, 2.45) is 0 Å². The van der Waals surface area contributed by atoms with E-state index < -0.39 is 24.8 Å². The summed E-state index contributed by atoms with van der Waals surface area (Å²) in [5.41, 5.74) is 1.33. The van der Waals surface area contributed by atoms with E-state index in [0.29, 0.717) is 0 Å². The average Bonchev–Trinajstić information content (AvgIpc) is 2.35. The Kier molecular flexibility index (Phi) is 6.94. The summed E-state index contributed by atoms with van der Waals surface area (Å²) >= 11 is 0. The zero-order valence-electron chi connectivity index (χ0n) is 17.4. The summed E-state index contributed by atoms with van der Waals surface area (Å²) in [4.78, 5) is 0. The fraction of sp³-hybridized carbons (Fsp3) is 0.667. The molecule has 1 aromatic rings. The second-order valence-electron chi connectivity index (χ2n) is 9.44. The van der Waals surface area contributed by atoms with Gasteiger partial charge in [0.1, 0.15) is 22.2 Å². The maximum atomic E-state index is 6.13. The Morgan fingerprint density at radius 1 is 0.833 bits per heavy atom. The molecule has 0 atom stereocenters. The Labute approximate surface area is 152 Å². The predicted molar refractivity (Wildman–Crippen MR) is 114 cm³/mol. The van der Waals surface area contributed by atoms with E-state index in [1.165, 1.54) is 5.56 Å². The van der Waals surface area contributed by atoms with E-state index in [-0.39, 0.29) is 0 Å². The van der Waals surface area contributed by atoms with Crippen LogP contribution in [-0.4, -0.2) is 42.7 Å². The molecule has 0 heterocycles. The normalized spacial score (nSPS) is 13.3. The molecule has 0 unspecified atom stereocenters. The Balaban J connectivity index is 2.92. The van der Waals surface area contributed by atoms with Crippen LogP contribution in [0.15, 0.2) is 18.2 Å². The number of hydrogen-bond acceptors (Lipinski definition) is 3. The van der Waals surface area contributed by atoms with Crippen LogP contribution in [0.3, 0.4) is 0 Å². The van der Waals surface area contributed by atoms with Crippen molar-refractivity contribution in [1.82, 2.24) is 4.23 Å². The quantitative estimate of drug-likeness (QED) is 0.559. The smallest absolute Gasteiger partial charge is 0.242 e. The van der Waals surface area contributed by atoms with Gasteiger partial charge in [0, 0.05) is 0 Å². The van der Waals surface area contributed by atoms with Crippen molar-refractivity contribution >= 4 is 24.8 Å². The molecule has 3 nitrogen and oxygen atoms in total. The summed E-state index contributed by atoms with van der Waals surface area (Å²) in [5.74, 6) is 1.75. The molecular formula is C18H37NO2Si3. The highest BCUT2D eigenvalue weighted by molar-refractivity contribution is 6.89. The number of methoxy groups -OCH3 is 1. The first-order chi connectivity index (χ1) is 10.7. The fourth-order valence-electron chi connectivity index (χ4n) is 3.20. The molecule has 0 N–H and O–H groups in total. The number of hydrogen-bond donors (Lipinski definition) is 0. The third kappa shape index (κ3) is 6.74. The molecule has 0 radical (unpaired) electrons. The monoisotopic (exact) mass is 383 g/mol. The highest BCUT2D eigenvalue weighted by atomic mass is 28.4. The molecule has 0 amide bonds. The van der Waals surface area contributed by atoms with E-state index in [2.05, 4.69) is 81.4 Å². The molecule has 0 aliphatic rings. The van der Waals surface area contributed by atoms with Crippen LogP contribution in [0.1, 0.15) is 5.56 Å². The van der Waals surface area contributed by atoms with Crippen LogP contribution in [0.25, 0.3) is 0 Å². The third-order valence-electron chi connectivity index (χ3n) is 3.89. The number of ether oxygens (including phenoxy) is 1. The van der Waals surface area contributed by atoms with Gasteiger partial charge in [-0.15, -0.1) is 0 Å². The van der Waals surface area contributed by atoms with Gasteiger partial charge < -0.3 is 13.4 Å². The van der Waals surface area contributed by atoms with Crippen LogP contribution in [0, 0.1) is 0 Å². The van der Waals surface area contributed by atoms with Gasteiger partial charge in [-0.25, -0.2) is 0 Å². The minimum Gasteiger partial charge on any atom is -0.542 e. The molecular weight excluding hydrogens is 346 g/mol. The lowest BCUT2D eigenvalue weighted by Crippen LogP contribution is -2.59. The van der Waals surface area contributed by atoms with E-state index >= 15 is 0 Å². The highest BCUT2D eigenvalue weighted by Crippen LogP contribution is 2.31. The topological polar surface area (TPSA) is 21.7 Å². The molecule has 0 bridgehead atoms. The van der Waals surface area contributed by atoms with Gasteiger partial charge in [-0.3, -0.25) is 0 Å². The first-order valence-corrected chi connectivity index (χ1v) is 19.2. The van der Waals surface area contributed by atoms with Crippen molar-refractivity contribution in [3.8, 4) is 11.5 Å². The lowest BCUT2D eigenvalue weighted by Gasteiger charge is -2.43. The Morgan fingerprint density at radius 2 is 1.38 bits per heavy atom. The number of benzene rings is 1. The van der Waals surface area contributed by atoms with E-state index in [4.69, 9.17) is 9.16 Å². The number of nitrogens with zero attached hydrogens (tertiary/aromatic N) is 1. The second-order valence-corrected chi connectivity index (χ2v) is 24.1. The van der Waals surface area contributed by atoms with Gasteiger partial charge in [0.15, 0.2) is 5.75 Å². The van der Waals surface area contributed by atoms with Gasteiger partial charge in [0.05, 0.1) is 7.11 Å². The van der Waals surface area contributed by atoms with Crippen molar-refractivity contribution < 1.29 is 9.16 Å². The van der Waals surface area contributed by atoms with Crippen LogP contribution < -0.4 is 9.16 Å². The SMILES string of the molecule is COc1cc(CCN([Si](C)(C)C)[Si](C)(C)C)ccc1O[Si](C)(C)C. The lowest BCUT2D eigenvalue weighted by atomic mass is 10.1. The first-order valence-electron chi connectivity index (χ1n) is 8.88. The standard InChI is InChI=1S/C18H37NO2Si3/c1-20-18-15-16(11-12-17(18)21-24(8,9)10)13-14-19(22(2,3)4)23(5,6)7/h11-12,15H,13-14H2,1-10H3. The summed E-state index contributed by atoms with van der Waals surface area (Å²) in [5, 5.41) is 0. The van der Waals surface area contributed by atoms with Gasteiger partial charge in [-0.05, 0) is 50.3 Å². The Morgan fingerprint density at radius 3 is 1.79 bits per heavy atom. The summed E-state index contributed by atoms with van der Waals surface area (Å²) < 4.78 is 14.5. The fourth-order valence-corrected chi connectivity index (χ4v) is 13.6. The Bertz CT molecular complexity index is 529. The number of rotatable bonds is 8. The molecule has 0 aliphatic heterocycles. The molecule has 138 valence electrons. The van der Waals surface area contributed by atoms with Crippen molar-refractivity contribution in [1.29, 1.82) is 0 Å². The van der Waals surface area contributed by atoms with Crippen LogP contribution >= 0.6 is 0 Å². The summed E-state index contributed by atoms with van der Waals surface area (Å²) in [6.45, 7) is 22.5. The highest BCUT2D eigenvalue weighted by Gasteiger charge is 2.33. The van der Waals surface area contributed by atoms with Crippen molar-refractivity contribution in [3.05, 3.63) is 23.8 Å². The molecule has 6 heteroatoms. The first kappa shape index (κ1) is 21.5. The molecule has 0 saturated heterocycles. The minimum atomic E-state index is -1.63.